The Bertz CT molecular complexity index is 538. The van der Waals surface area contributed by atoms with Crippen molar-refractivity contribution >= 4 is 18.3 Å². The minimum absolute atomic E-state index is 0. The maximum atomic E-state index is 13.0. The molecule has 1 amide bonds. The maximum Gasteiger partial charge on any atom is 0.230 e. The Hall–Kier alpha value is -1.39. The molecule has 1 aromatic rings. The summed E-state index contributed by atoms with van der Waals surface area (Å²) in [6.07, 6.45) is 4.83. The first-order chi connectivity index (χ1) is 9.71. The van der Waals surface area contributed by atoms with Crippen molar-refractivity contribution in [2.75, 3.05) is 19.6 Å². The van der Waals surface area contributed by atoms with E-state index in [1.54, 1.807) is 12.1 Å². The number of halogens is 2. The summed E-state index contributed by atoms with van der Waals surface area (Å²) in [6.45, 7) is 2.49. The molecule has 3 nitrogen and oxygen atoms in total. The topological polar surface area (TPSA) is 41.1 Å². The van der Waals surface area contributed by atoms with Crippen LogP contribution in [0.1, 0.15) is 24.8 Å². The van der Waals surface area contributed by atoms with Gasteiger partial charge in [0.15, 0.2) is 0 Å². The minimum Gasteiger partial charge on any atom is -0.352 e. The van der Waals surface area contributed by atoms with Gasteiger partial charge in [0.05, 0.1) is 5.41 Å². The fourth-order valence-corrected chi connectivity index (χ4v) is 2.73. The largest absolute Gasteiger partial charge is 0.352 e. The quantitative estimate of drug-likeness (QED) is 0.838. The highest BCUT2D eigenvalue weighted by molar-refractivity contribution is 5.91. The van der Waals surface area contributed by atoms with Crippen molar-refractivity contribution in [3.05, 3.63) is 47.3 Å². The molecule has 0 spiro atoms. The molecule has 114 valence electrons. The number of amides is 1. The van der Waals surface area contributed by atoms with E-state index in [0.29, 0.717) is 6.54 Å². The first-order valence-corrected chi connectivity index (χ1v) is 7.14. The summed E-state index contributed by atoms with van der Waals surface area (Å²) in [5, 5.41) is 6.29. The summed E-state index contributed by atoms with van der Waals surface area (Å²) < 4.78 is 13.0. The van der Waals surface area contributed by atoms with Gasteiger partial charge >= 0.3 is 0 Å². The summed E-state index contributed by atoms with van der Waals surface area (Å²) in [6, 6.07) is 6.31. The summed E-state index contributed by atoms with van der Waals surface area (Å²) in [7, 11) is 0. The molecule has 0 atom stereocenters. The lowest BCUT2D eigenvalue weighted by atomic mass is 9.95. The predicted octanol–water partition coefficient (Wildman–Crippen LogP) is 2.32. The second kappa shape index (κ2) is 6.58. The van der Waals surface area contributed by atoms with Gasteiger partial charge in [-0.3, -0.25) is 4.79 Å². The fraction of sp³-hybridized carbons (Fsp3) is 0.438. The Morgan fingerprint density at radius 2 is 2.00 bits per heavy atom. The molecule has 1 saturated carbocycles. The molecule has 2 N–H and O–H groups in total. The lowest BCUT2D eigenvalue weighted by Crippen LogP contribution is -2.37. The van der Waals surface area contributed by atoms with E-state index in [2.05, 4.69) is 16.7 Å². The number of carbonyl (C=O) groups is 1. The van der Waals surface area contributed by atoms with Crippen LogP contribution in [0.5, 0.6) is 0 Å². The van der Waals surface area contributed by atoms with Crippen LogP contribution in [-0.2, 0) is 10.2 Å². The summed E-state index contributed by atoms with van der Waals surface area (Å²) in [4.78, 5) is 12.4. The average Bonchev–Trinajstić information content (AvgIpc) is 3.28. The Morgan fingerprint density at radius 1 is 1.29 bits per heavy atom. The maximum absolute atomic E-state index is 13.0. The van der Waals surface area contributed by atoms with Gasteiger partial charge in [-0.25, -0.2) is 4.39 Å². The molecule has 2 aliphatic rings. The zero-order valence-corrected chi connectivity index (χ0v) is 12.6. The van der Waals surface area contributed by atoms with Gasteiger partial charge in [0.1, 0.15) is 5.82 Å². The lowest BCUT2D eigenvalue weighted by Gasteiger charge is -2.18. The van der Waals surface area contributed by atoms with Crippen LogP contribution in [0, 0.1) is 5.82 Å². The van der Waals surface area contributed by atoms with Crippen LogP contribution in [0.3, 0.4) is 0 Å². The average molecular weight is 311 g/mol. The Labute approximate surface area is 130 Å². The second-order valence-electron chi connectivity index (χ2n) is 5.59. The van der Waals surface area contributed by atoms with Crippen LogP contribution >= 0.6 is 12.4 Å². The molecule has 1 fully saturated rings. The van der Waals surface area contributed by atoms with E-state index in [-0.39, 0.29) is 24.1 Å². The van der Waals surface area contributed by atoms with Crippen molar-refractivity contribution in [2.24, 2.45) is 0 Å². The van der Waals surface area contributed by atoms with E-state index in [9.17, 15) is 9.18 Å². The van der Waals surface area contributed by atoms with Crippen molar-refractivity contribution in [1.29, 1.82) is 0 Å². The van der Waals surface area contributed by atoms with Crippen molar-refractivity contribution in [3.8, 4) is 0 Å². The van der Waals surface area contributed by atoms with E-state index in [1.165, 1.54) is 17.7 Å². The number of carbonyl (C=O) groups excluding carboxylic acids is 1. The van der Waals surface area contributed by atoms with Crippen molar-refractivity contribution in [3.63, 3.8) is 0 Å². The molecule has 5 heteroatoms. The Morgan fingerprint density at radius 3 is 2.57 bits per heavy atom. The molecule has 1 aromatic carbocycles. The molecule has 0 bridgehead atoms. The van der Waals surface area contributed by atoms with Gasteiger partial charge in [-0.15, -0.1) is 12.4 Å². The normalized spacial score (nSPS) is 19.2. The molecule has 0 unspecified atom stereocenters. The predicted molar refractivity (Wildman–Crippen MR) is 83.1 cm³/mol. The third-order valence-electron chi connectivity index (χ3n) is 4.22. The summed E-state index contributed by atoms with van der Waals surface area (Å²) in [5.41, 5.74) is 1.80. The molecule has 3 rings (SSSR count). The first kappa shape index (κ1) is 16.0. The number of rotatable bonds is 4. The Balaban J connectivity index is 0.00000161. The lowest BCUT2D eigenvalue weighted by molar-refractivity contribution is -0.123. The highest BCUT2D eigenvalue weighted by atomic mass is 35.5. The first-order valence-electron chi connectivity index (χ1n) is 7.14. The molecular formula is C16H20ClFN2O. The summed E-state index contributed by atoms with van der Waals surface area (Å²) in [5.74, 6) is -0.187. The molecule has 1 aliphatic carbocycles. The van der Waals surface area contributed by atoms with Gasteiger partial charge in [-0.05, 0) is 43.5 Å². The van der Waals surface area contributed by atoms with Crippen LogP contribution in [0.25, 0.3) is 0 Å². The van der Waals surface area contributed by atoms with Gasteiger partial charge in [-0.2, -0.15) is 0 Å². The zero-order chi connectivity index (χ0) is 14.0. The van der Waals surface area contributed by atoms with E-state index in [1.807, 2.05) is 0 Å². The number of nitrogens with one attached hydrogen (secondary N) is 2. The van der Waals surface area contributed by atoms with Gasteiger partial charge in [0.2, 0.25) is 5.91 Å². The van der Waals surface area contributed by atoms with Crippen LogP contribution in [0.4, 0.5) is 4.39 Å². The van der Waals surface area contributed by atoms with Crippen LogP contribution in [0.15, 0.2) is 35.9 Å². The molecule has 1 aliphatic heterocycles. The molecule has 0 radical (unpaired) electrons. The second-order valence-corrected chi connectivity index (χ2v) is 5.59. The van der Waals surface area contributed by atoms with Gasteiger partial charge in [-0.1, -0.05) is 23.8 Å². The third-order valence-corrected chi connectivity index (χ3v) is 4.22. The smallest absolute Gasteiger partial charge is 0.230 e. The van der Waals surface area contributed by atoms with Crippen molar-refractivity contribution in [1.82, 2.24) is 10.6 Å². The van der Waals surface area contributed by atoms with E-state index in [0.717, 1.165) is 37.9 Å². The molecular weight excluding hydrogens is 291 g/mol. The number of hydrogen-bond donors (Lipinski definition) is 2. The van der Waals surface area contributed by atoms with E-state index in [4.69, 9.17) is 0 Å². The van der Waals surface area contributed by atoms with Crippen molar-refractivity contribution < 1.29 is 9.18 Å². The van der Waals surface area contributed by atoms with Gasteiger partial charge < -0.3 is 10.6 Å². The van der Waals surface area contributed by atoms with Crippen LogP contribution < -0.4 is 10.6 Å². The van der Waals surface area contributed by atoms with Gasteiger partial charge in [0.25, 0.3) is 0 Å². The van der Waals surface area contributed by atoms with Crippen molar-refractivity contribution in [2.45, 2.75) is 24.7 Å². The molecule has 0 aromatic heterocycles. The monoisotopic (exact) mass is 310 g/mol. The Kier molecular flexibility index (Phi) is 5.01. The standard InChI is InChI=1S/C16H19FN2O.ClH/c17-14-3-1-13(2-4-14)16(7-8-16)15(20)19-11-12-5-9-18-10-6-12;/h1-5,18H,6-11H2,(H,19,20);1H. The van der Waals surface area contributed by atoms with Crippen LogP contribution in [-0.4, -0.2) is 25.5 Å². The number of hydrogen-bond acceptors (Lipinski definition) is 2. The fourth-order valence-electron chi connectivity index (χ4n) is 2.73. The van der Waals surface area contributed by atoms with E-state index >= 15 is 0 Å². The minimum atomic E-state index is -0.415. The van der Waals surface area contributed by atoms with Gasteiger partial charge in [0, 0.05) is 13.1 Å². The SMILES string of the molecule is Cl.O=C(NCC1=CCNCC1)C1(c2ccc(F)cc2)CC1. The highest BCUT2D eigenvalue weighted by Gasteiger charge is 2.51. The third kappa shape index (κ3) is 3.44. The van der Waals surface area contributed by atoms with Crippen LogP contribution in [0.2, 0.25) is 0 Å². The van der Waals surface area contributed by atoms with E-state index < -0.39 is 5.41 Å². The molecule has 0 saturated heterocycles. The summed E-state index contributed by atoms with van der Waals surface area (Å²) >= 11 is 0. The zero-order valence-electron chi connectivity index (χ0n) is 11.8. The highest BCUT2D eigenvalue weighted by Crippen LogP contribution is 2.48. The molecule has 1 heterocycles. The number of benzene rings is 1. The molecule has 21 heavy (non-hydrogen) atoms.